The summed E-state index contributed by atoms with van der Waals surface area (Å²) < 4.78 is 6.75. The fourth-order valence-corrected chi connectivity index (χ4v) is 11.7. The summed E-state index contributed by atoms with van der Waals surface area (Å²) in [5.41, 5.74) is 3.91. The summed E-state index contributed by atoms with van der Waals surface area (Å²) >= 11 is 0. The van der Waals surface area contributed by atoms with Crippen LogP contribution in [0.1, 0.15) is 29.5 Å². The van der Waals surface area contributed by atoms with Crippen LogP contribution in [0.2, 0.25) is 0 Å². The zero-order valence-corrected chi connectivity index (χ0v) is 25.6. The Morgan fingerprint density at radius 1 is 0.500 bits per heavy atom. The van der Waals surface area contributed by atoms with Crippen LogP contribution in [0.3, 0.4) is 0 Å². The highest BCUT2D eigenvalue weighted by molar-refractivity contribution is 7.85. The van der Waals surface area contributed by atoms with Gasteiger partial charge in [0.25, 0.3) is 0 Å². The molecule has 3 heteroatoms. The summed E-state index contributed by atoms with van der Waals surface area (Å²) in [4.78, 5) is 0. The quantitative estimate of drug-likeness (QED) is 0.184. The first kappa shape index (κ1) is 26.9. The van der Waals surface area contributed by atoms with Crippen molar-refractivity contribution < 1.29 is 4.74 Å². The van der Waals surface area contributed by atoms with Crippen LogP contribution in [0, 0.1) is 6.92 Å². The van der Waals surface area contributed by atoms with E-state index in [1.165, 1.54) is 48.5 Å². The van der Waals surface area contributed by atoms with Crippen LogP contribution < -0.4 is 36.6 Å². The molecule has 7 rings (SSSR count). The van der Waals surface area contributed by atoms with Crippen molar-refractivity contribution in [1.82, 2.24) is 0 Å². The zero-order chi connectivity index (χ0) is 28.5. The molecule has 1 aliphatic heterocycles. The Morgan fingerprint density at radius 3 is 1.43 bits per heavy atom. The number of rotatable bonds is 6. The third-order valence-electron chi connectivity index (χ3n) is 8.10. The van der Waals surface area contributed by atoms with Crippen molar-refractivity contribution in [2.75, 3.05) is 0 Å². The van der Waals surface area contributed by atoms with Crippen LogP contribution >= 0.6 is 15.8 Å². The minimum absolute atomic E-state index is 0.237. The molecular formula is C39H32OP2. The van der Waals surface area contributed by atoms with Gasteiger partial charge in [-0.25, -0.2) is 0 Å². The second-order valence-corrected chi connectivity index (χ2v) is 15.0. The Bertz CT molecular complexity index is 1740. The van der Waals surface area contributed by atoms with Gasteiger partial charge in [-0.2, -0.15) is 0 Å². The number of ether oxygens (including phenoxy) is 1. The Kier molecular flexibility index (Phi) is 7.48. The second kappa shape index (κ2) is 11.7. The van der Waals surface area contributed by atoms with Gasteiger partial charge in [0.1, 0.15) is 11.5 Å². The van der Waals surface area contributed by atoms with Crippen molar-refractivity contribution >= 4 is 47.7 Å². The van der Waals surface area contributed by atoms with Crippen molar-refractivity contribution in [1.29, 1.82) is 0 Å². The lowest BCUT2D eigenvalue weighted by molar-refractivity contribution is 0.449. The molecule has 1 unspecified atom stereocenters. The minimum Gasteiger partial charge on any atom is -0.457 e. The van der Waals surface area contributed by atoms with E-state index in [-0.39, 0.29) is 5.92 Å². The maximum Gasteiger partial charge on any atom is 0.132 e. The molecule has 1 heterocycles. The highest BCUT2D eigenvalue weighted by Gasteiger charge is 2.34. The molecule has 1 nitrogen and oxygen atoms in total. The van der Waals surface area contributed by atoms with E-state index in [1.807, 2.05) is 0 Å². The molecule has 204 valence electrons. The van der Waals surface area contributed by atoms with E-state index >= 15 is 0 Å². The maximum atomic E-state index is 6.75. The van der Waals surface area contributed by atoms with E-state index in [1.54, 1.807) is 0 Å². The smallest absolute Gasteiger partial charge is 0.132 e. The van der Waals surface area contributed by atoms with Gasteiger partial charge in [0.05, 0.1) is 0 Å². The van der Waals surface area contributed by atoms with E-state index in [0.717, 1.165) is 11.5 Å². The van der Waals surface area contributed by atoms with Gasteiger partial charge in [0, 0.05) is 17.0 Å². The van der Waals surface area contributed by atoms with Gasteiger partial charge in [0.2, 0.25) is 0 Å². The summed E-state index contributed by atoms with van der Waals surface area (Å²) in [7, 11) is -1.70. The molecular weight excluding hydrogens is 546 g/mol. The molecule has 6 aromatic carbocycles. The average Bonchev–Trinajstić information content (AvgIpc) is 3.05. The van der Waals surface area contributed by atoms with Gasteiger partial charge in [-0.1, -0.05) is 146 Å². The normalized spacial score (nSPS) is 13.9. The van der Waals surface area contributed by atoms with Crippen LogP contribution in [0.15, 0.2) is 152 Å². The monoisotopic (exact) mass is 578 g/mol. The van der Waals surface area contributed by atoms with Gasteiger partial charge >= 0.3 is 0 Å². The van der Waals surface area contributed by atoms with Crippen LogP contribution in [0.4, 0.5) is 0 Å². The third kappa shape index (κ3) is 4.88. The summed E-state index contributed by atoms with van der Waals surface area (Å²) in [6.07, 6.45) is 0. The molecule has 1 aliphatic rings. The van der Waals surface area contributed by atoms with Crippen LogP contribution in [-0.4, -0.2) is 0 Å². The minimum atomic E-state index is -0.857. The summed E-state index contributed by atoms with van der Waals surface area (Å²) in [6, 6.07) is 55.2. The Balaban J connectivity index is 1.58. The average molecular weight is 579 g/mol. The maximum absolute atomic E-state index is 6.75. The standard InChI is InChI=1S/C39H32OP2/c1-28-34-25-15-16-26-35(34)40-36-27-37(41(30-17-7-3-8-18-30)31-19-9-4-10-20-31)39(29(2)38(28)36)42(32-21-11-5-12-22-32)33-23-13-6-14-24-33/h3-28H,1-2H3. The lowest BCUT2D eigenvalue weighted by Crippen LogP contribution is -2.37. The van der Waals surface area contributed by atoms with Crippen molar-refractivity contribution in [2.24, 2.45) is 0 Å². The first-order valence-electron chi connectivity index (χ1n) is 14.5. The topological polar surface area (TPSA) is 9.23 Å². The second-order valence-electron chi connectivity index (χ2n) is 10.7. The fraction of sp³-hybridized carbons (Fsp3) is 0.0769. The highest BCUT2D eigenvalue weighted by atomic mass is 31.1. The molecule has 6 aromatic rings. The molecule has 42 heavy (non-hydrogen) atoms. The number of benzene rings is 6. The van der Waals surface area contributed by atoms with Gasteiger partial charge in [-0.15, -0.1) is 0 Å². The van der Waals surface area contributed by atoms with Gasteiger partial charge in [0.15, 0.2) is 0 Å². The Morgan fingerprint density at radius 2 is 0.929 bits per heavy atom. The van der Waals surface area contributed by atoms with Crippen molar-refractivity contribution in [2.45, 2.75) is 19.8 Å². The van der Waals surface area contributed by atoms with E-state index in [4.69, 9.17) is 4.74 Å². The van der Waals surface area contributed by atoms with Crippen LogP contribution in [-0.2, 0) is 0 Å². The van der Waals surface area contributed by atoms with Gasteiger partial charge in [-0.3, -0.25) is 0 Å². The molecule has 0 amide bonds. The molecule has 0 saturated heterocycles. The number of para-hydroxylation sites is 1. The SMILES string of the molecule is Cc1c2c(cc(P(c3ccccc3)c3ccccc3)c1P(c1ccccc1)c1ccccc1)Oc1ccccc1C2C. The van der Waals surface area contributed by atoms with Gasteiger partial charge < -0.3 is 4.74 Å². The van der Waals surface area contributed by atoms with Crippen LogP contribution in [0.5, 0.6) is 11.5 Å². The Hall–Kier alpha value is -4.02. The fourth-order valence-electron chi connectivity index (χ4n) is 6.20. The molecule has 1 atom stereocenters. The zero-order valence-electron chi connectivity index (χ0n) is 23.8. The molecule has 0 aromatic heterocycles. The Labute approximate surface area is 251 Å². The molecule has 0 spiro atoms. The predicted octanol–water partition coefficient (Wildman–Crippen LogP) is 7.77. The number of hydrogen-bond donors (Lipinski definition) is 0. The molecule has 0 fully saturated rings. The van der Waals surface area contributed by atoms with Crippen molar-refractivity contribution in [3.8, 4) is 11.5 Å². The van der Waals surface area contributed by atoms with Crippen molar-refractivity contribution in [3.63, 3.8) is 0 Å². The van der Waals surface area contributed by atoms with Crippen molar-refractivity contribution in [3.05, 3.63) is 168 Å². The molecule has 0 N–H and O–H groups in total. The largest absolute Gasteiger partial charge is 0.457 e. The highest BCUT2D eigenvalue weighted by Crippen LogP contribution is 2.49. The summed E-state index contributed by atoms with van der Waals surface area (Å²) in [6.45, 7) is 4.68. The number of fused-ring (bicyclic) bond motifs is 2. The van der Waals surface area contributed by atoms with E-state index in [2.05, 4.69) is 166 Å². The number of hydrogen-bond acceptors (Lipinski definition) is 1. The van der Waals surface area contributed by atoms with E-state index in [9.17, 15) is 0 Å². The summed E-state index contributed by atoms with van der Waals surface area (Å²) in [5.74, 6) is 2.20. The lowest BCUT2D eigenvalue weighted by Gasteiger charge is -2.34. The predicted molar refractivity (Wildman–Crippen MR) is 183 cm³/mol. The van der Waals surface area contributed by atoms with E-state index in [0.29, 0.717) is 0 Å². The lowest BCUT2D eigenvalue weighted by atomic mass is 9.87. The first-order valence-corrected chi connectivity index (χ1v) is 17.1. The van der Waals surface area contributed by atoms with E-state index < -0.39 is 15.8 Å². The summed E-state index contributed by atoms with van der Waals surface area (Å²) in [5, 5.41) is 8.26. The molecule has 0 radical (unpaired) electrons. The molecule has 0 saturated carbocycles. The molecule has 0 aliphatic carbocycles. The van der Waals surface area contributed by atoms with Gasteiger partial charge in [-0.05, 0) is 72.3 Å². The molecule has 0 bridgehead atoms. The first-order chi connectivity index (χ1) is 20.7. The third-order valence-corrected chi connectivity index (χ3v) is 13.4. The van der Waals surface area contributed by atoms with Crippen LogP contribution in [0.25, 0.3) is 0 Å².